The van der Waals surface area contributed by atoms with Crippen molar-refractivity contribution in [3.8, 4) is 0 Å². The summed E-state index contributed by atoms with van der Waals surface area (Å²) in [5.41, 5.74) is 1.97. The fraction of sp³-hybridized carbons (Fsp3) is 0.364. The number of hydrogen-bond acceptors (Lipinski definition) is 5. The highest BCUT2D eigenvalue weighted by molar-refractivity contribution is 6.02. The van der Waals surface area contributed by atoms with Crippen LogP contribution in [-0.2, 0) is 9.59 Å². The van der Waals surface area contributed by atoms with Gasteiger partial charge >= 0.3 is 0 Å². The number of amides is 2. The van der Waals surface area contributed by atoms with Crippen LogP contribution in [0.1, 0.15) is 24.8 Å². The van der Waals surface area contributed by atoms with Crippen molar-refractivity contribution in [2.75, 3.05) is 37.6 Å². The summed E-state index contributed by atoms with van der Waals surface area (Å²) in [4.78, 5) is 33.4. The van der Waals surface area contributed by atoms with Crippen molar-refractivity contribution < 1.29 is 9.59 Å². The molecule has 2 aromatic rings. The molecule has 1 saturated heterocycles. The monoisotopic (exact) mass is 391 g/mol. The highest BCUT2D eigenvalue weighted by Gasteiger charge is 2.25. The van der Waals surface area contributed by atoms with Crippen molar-refractivity contribution in [2.24, 2.45) is 5.10 Å². The molecule has 2 amide bonds. The van der Waals surface area contributed by atoms with Crippen LogP contribution in [0, 0.1) is 0 Å². The Morgan fingerprint density at radius 2 is 1.55 bits per heavy atom. The molecule has 0 saturated carbocycles. The van der Waals surface area contributed by atoms with E-state index >= 15 is 0 Å². The number of carbonyl (C=O) groups is 2. The lowest BCUT2D eigenvalue weighted by Crippen LogP contribution is -2.49. The quantitative estimate of drug-likeness (QED) is 0.783. The van der Waals surface area contributed by atoms with Crippen LogP contribution in [0.5, 0.6) is 0 Å². The molecule has 7 heteroatoms. The van der Waals surface area contributed by atoms with Crippen molar-refractivity contribution in [3.05, 3.63) is 60.3 Å². The van der Waals surface area contributed by atoms with Gasteiger partial charge in [0, 0.05) is 51.6 Å². The fourth-order valence-electron chi connectivity index (χ4n) is 3.70. The summed E-state index contributed by atoms with van der Waals surface area (Å²) in [6.07, 6.45) is 2.96. The maximum Gasteiger partial charge on any atom is 0.243 e. The lowest BCUT2D eigenvalue weighted by molar-refractivity contribution is -0.137. The molecule has 0 atom stereocenters. The van der Waals surface area contributed by atoms with Crippen LogP contribution >= 0.6 is 0 Å². The van der Waals surface area contributed by atoms with Crippen LogP contribution in [0.2, 0.25) is 0 Å². The number of hydrogen-bond donors (Lipinski definition) is 0. The Morgan fingerprint density at radius 1 is 0.828 bits per heavy atom. The van der Waals surface area contributed by atoms with Crippen LogP contribution < -0.4 is 4.90 Å². The van der Waals surface area contributed by atoms with Crippen LogP contribution in [0.4, 0.5) is 5.82 Å². The molecule has 0 bridgehead atoms. The highest BCUT2D eigenvalue weighted by atomic mass is 16.2. The second-order valence-electron chi connectivity index (χ2n) is 7.24. The van der Waals surface area contributed by atoms with Crippen LogP contribution in [0.15, 0.2) is 59.8 Å². The molecule has 29 heavy (non-hydrogen) atoms. The van der Waals surface area contributed by atoms with E-state index in [0.29, 0.717) is 19.6 Å². The molecule has 0 aliphatic carbocycles. The second kappa shape index (κ2) is 8.86. The predicted molar refractivity (Wildman–Crippen MR) is 112 cm³/mol. The van der Waals surface area contributed by atoms with E-state index in [1.165, 1.54) is 5.01 Å². The minimum absolute atomic E-state index is 0.0329. The first-order valence-corrected chi connectivity index (χ1v) is 10.1. The average molecular weight is 391 g/mol. The van der Waals surface area contributed by atoms with Gasteiger partial charge in [0.1, 0.15) is 5.82 Å². The van der Waals surface area contributed by atoms with Gasteiger partial charge in [0.15, 0.2) is 0 Å². The van der Waals surface area contributed by atoms with Crippen molar-refractivity contribution in [2.45, 2.75) is 19.3 Å². The van der Waals surface area contributed by atoms with Gasteiger partial charge in [0.25, 0.3) is 0 Å². The third-order valence-corrected chi connectivity index (χ3v) is 5.36. The molecule has 1 fully saturated rings. The third kappa shape index (κ3) is 4.62. The first kappa shape index (κ1) is 19.1. The van der Waals surface area contributed by atoms with Crippen molar-refractivity contribution in [1.29, 1.82) is 0 Å². The largest absolute Gasteiger partial charge is 0.353 e. The topological polar surface area (TPSA) is 69.1 Å². The van der Waals surface area contributed by atoms with E-state index in [0.717, 1.165) is 36.6 Å². The summed E-state index contributed by atoms with van der Waals surface area (Å²) in [6, 6.07) is 15.7. The molecule has 3 heterocycles. The molecule has 2 aliphatic rings. The lowest BCUT2D eigenvalue weighted by Gasteiger charge is -2.35. The second-order valence-corrected chi connectivity index (χ2v) is 7.24. The molecule has 1 aromatic heterocycles. The average Bonchev–Trinajstić information content (AvgIpc) is 3.29. The molecule has 2 aliphatic heterocycles. The van der Waals surface area contributed by atoms with Gasteiger partial charge in [-0.25, -0.2) is 9.99 Å². The van der Waals surface area contributed by atoms with Crippen molar-refractivity contribution in [1.82, 2.24) is 14.9 Å². The van der Waals surface area contributed by atoms with E-state index in [9.17, 15) is 9.59 Å². The number of anilines is 1. The summed E-state index contributed by atoms with van der Waals surface area (Å²) in [5, 5.41) is 5.96. The van der Waals surface area contributed by atoms with Crippen molar-refractivity contribution >= 4 is 23.3 Å². The van der Waals surface area contributed by atoms with E-state index < -0.39 is 0 Å². The Hall–Kier alpha value is -3.22. The van der Waals surface area contributed by atoms with Gasteiger partial charge in [0.05, 0.1) is 12.3 Å². The Labute approximate surface area is 170 Å². The van der Waals surface area contributed by atoms with Gasteiger partial charge < -0.3 is 9.80 Å². The van der Waals surface area contributed by atoms with Gasteiger partial charge in [-0.05, 0) is 17.7 Å². The maximum atomic E-state index is 12.5. The number of benzene rings is 1. The molecular formula is C22H25N5O2. The first-order chi connectivity index (χ1) is 14.2. The summed E-state index contributed by atoms with van der Waals surface area (Å²) >= 11 is 0. The molecular weight excluding hydrogens is 366 g/mol. The smallest absolute Gasteiger partial charge is 0.243 e. The summed E-state index contributed by atoms with van der Waals surface area (Å²) in [5.74, 6) is 0.887. The molecule has 0 radical (unpaired) electrons. The molecule has 4 rings (SSSR count). The molecule has 0 spiro atoms. The van der Waals surface area contributed by atoms with Crippen molar-refractivity contribution in [3.63, 3.8) is 0 Å². The lowest BCUT2D eigenvalue weighted by atomic mass is 10.1. The molecule has 1 aromatic carbocycles. The van der Waals surface area contributed by atoms with E-state index in [2.05, 4.69) is 15.0 Å². The van der Waals surface area contributed by atoms with Crippen LogP contribution in [0.25, 0.3) is 0 Å². The summed E-state index contributed by atoms with van der Waals surface area (Å²) in [6.45, 7) is 3.41. The predicted octanol–water partition coefficient (Wildman–Crippen LogP) is 2.15. The minimum atomic E-state index is -0.0867. The zero-order valence-electron chi connectivity index (χ0n) is 16.4. The Kier molecular flexibility index (Phi) is 5.84. The van der Waals surface area contributed by atoms with Gasteiger partial charge in [-0.1, -0.05) is 36.4 Å². The standard InChI is InChI=1S/C22H25N5O2/c28-21(26-16-14-25(15-17-26)20-8-4-5-12-23-20)9-10-22(29)27-13-11-19(24-27)18-6-2-1-3-7-18/h1-8,12H,9-11,13-17H2. The number of hydrazone groups is 1. The molecule has 150 valence electrons. The minimum Gasteiger partial charge on any atom is -0.353 e. The molecule has 0 N–H and O–H groups in total. The number of aromatic nitrogens is 1. The third-order valence-electron chi connectivity index (χ3n) is 5.36. The zero-order chi connectivity index (χ0) is 20.1. The zero-order valence-corrected chi connectivity index (χ0v) is 16.4. The van der Waals surface area contributed by atoms with E-state index in [-0.39, 0.29) is 24.7 Å². The van der Waals surface area contributed by atoms with Crippen LogP contribution in [-0.4, -0.2) is 65.1 Å². The number of pyridine rings is 1. The van der Waals surface area contributed by atoms with E-state index in [1.807, 2.05) is 53.4 Å². The molecule has 7 nitrogen and oxygen atoms in total. The number of nitrogens with zero attached hydrogens (tertiary/aromatic N) is 5. The molecule has 0 unspecified atom stereocenters. The Bertz CT molecular complexity index is 877. The van der Waals surface area contributed by atoms with E-state index in [1.54, 1.807) is 6.20 Å². The summed E-state index contributed by atoms with van der Waals surface area (Å²) in [7, 11) is 0. The van der Waals surface area contributed by atoms with Gasteiger partial charge in [-0.2, -0.15) is 5.10 Å². The maximum absolute atomic E-state index is 12.5. The SMILES string of the molecule is O=C(CCC(=O)N1CCC(c2ccccc2)=N1)N1CCN(c2ccccn2)CC1. The normalized spacial score (nSPS) is 16.7. The highest BCUT2D eigenvalue weighted by Crippen LogP contribution is 2.16. The van der Waals surface area contributed by atoms with E-state index in [4.69, 9.17) is 0 Å². The van der Waals surface area contributed by atoms with Gasteiger partial charge in [0.2, 0.25) is 11.8 Å². The Morgan fingerprint density at radius 3 is 2.28 bits per heavy atom. The Balaban J connectivity index is 1.24. The van der Waals surface area contributed by atoms with Gasteiger partial charge in [-0.15, -0.1) is 0 Å². The first-order valence-electron chi connectivity index (χ1n) is 10.1. The number of rotatable bonds is 5. The van der Waals surface area contributed by atoms with Gasteiger partial charge in [-0.3, -0.25) is 9.59 Å². The van der Waals surface area contributed by atoms with Crippen LogP contribution in [0.3, 0.4) is 0 Å². The number of carbonyl (C=O) groups excluding carboxylic acids is 2. The fourth-order valence-corrected chi connectivity index (χ4v) is 3.70. The summed E-state index contributed by atoms with van der Waals surface area (Å²) < 4.78 is 0. The number of piperazine rings is 1.